The van der Waals surface area contributed by atoms with Gasteiger partial charge in [-0.3, -0.25) is 4.79 Å². The SMILES string of the molecule is O=C(Nc1cc(C(F)(F)F)ccc1F)C1CCNCC1. The Balaban J connectivity index is 2.13. The summed E-state index contributed by atoms with van der Waals surface area (Å²) in [7, 11) is 0. The molecule has 0 saturated carbocycles. The van der Waals surface area contributed by atoms with Crippen LogP contribution in [0.1, 0.15) is 18.4 Å². The van der Waals surface area contributed by atoms with Crippen molar-refractivity contribution in [1.82, 2.24) is 5.32 Å². The molecule has 20 heavy (non-hydrogen) atoms. The van der Waals surface area contributed by atoms with Crippen LogP contribution in [0.15, 0.2) is 18.2 Å². The number of piperidine rings is 1. The van der Waals surface area contributed by atoms with Crippen LogP contribution in [0, 0.1) is 11.7 Å². The molecule has 1 amide bonds. The Hall–Kier alpha value is -1.63. The number of carbonyl (C=O) groups is 1. The van der Waals surface area contributed by atoms with E-state index in [1.165, 1.54) is 0 Å². The van der Waals surface area contributed by atoms with Gasteiger partial charge in [-0.15, -0.1) is 0 Å². The molecule has 0 spiro atoms. The average molecular weight is 290 g/mol. The summed E-state index contributed by atoms with van der Waals surface area (Å²) in [6.45, 7) is 1.34. The molecule has 1 aliphatic heterocycles. The Kier molecular flexibility index (Phi) is 4.27. The molecule has 7 heteroatoms. The molecule has 1 saturated heterocycles. The molecule has 0 aliphatic carbocycles. The third kappa shape index (κ3) is 3.47. The van der Waals surface area contributed by atoms with Crippen molar-refractivity contribution in [2.45, 2.75) is 19.0 Å². The van der Waals surface area contributed by atoms with Crippen molar-refractivity contribution in [3.8, 4) is 0 Å². The van der Waals surface area contributed by atoms with Crippen LogP contribution in [0.5, 0.6) is 0 Å². The fraction of sp³-hybridized carbons (Fsp3) is 0.462. The van der Waals surface area contributed by atoms with Gasteiger partial charge in [-0.05, 0) is 44.1 Å². The number of amides is 1. The van der Waals surface area contributed by atoms with Gasteiger partial charge in [-0.1, -0.05) is 0 Å². The van der Waals surface area contributed by atoms with E-state index in [2.05, 4.69) is 10.6 Å². The summed E-state index contributed by atoms with van der Waals surface area (Å²) in [6.07, 6.45) is -3.39. The Labute approximate surface area is 113 Å². The summed E-state index contributed by atoms with van der Waals surface area (Å²) in [4.78, 5) is 11.9. The summed E-state index contributed by atoms with van der Waals surface area (Å²) in [5.74, 6) is -1.62. The minimum Gasteiger partial charge on any atom is -0.323 e. The third-order valence-corrected chi connectivity index (χ3v) is 3.26. The van der Waals surface area contributed by atoms with E-state index < -0.39 is 29.2 Å². The first-order chi connectivity index (χ1) is 9.38. The maximum atomic E-state index is 13.5. The van der Waals surface area contributed by atoms with Crippen LogP contribution in [-0.2, 0) is 11.0 Å². The van der Waals surface area contributed by atoms with Gasteiger partial charge >= 0.3 is 6.18 Å². The van der Waals surface area contributed by atoms with Gasteiger partial charge in [0.05, 0.1) is 11.3 Å². The molecule has 0 unspecified atom stereocenters. The van der Waals surface area contributed by atoms with E-state index in [-0.39, 0.29) is 5.92 Å². The van der Waals surface area contributed by atoms with Crippen LogP contribution in [-0.4, -0.2) is 19.0 Å². The zero-order valence-corrected chi connectivity index (χ0v) is 10.6. The fourth-order valence-electron chi connectivity index (χ4n) is 2.12. The Bertz CT molecular complexity index is 496. The molecule has 3 nitrogen and oxygen atoms in total. The number of nitrogens with one attached hydrogen (secondary N) is 2. The lowest BCUT2D eigenvalue weighted by Gasteiger charge is -2.22. The second-order valence-corrected chi connectivity index (χ2v) is 4.71. The first-order valence-electron chi connectivity index (χ1n) is 6.26. The maximum absolute atomic E-state index is 13.5. The van der Waals surface area contributed by atoms with Crippen LogP contribution in [0.2, 0.25) is 0 Å². The average Bonchev–Trinajstić information content (AvgIpc) is 2.41. The van der Waals surface area contributed by atoms with E-state index in [1.54, 1.807) is 0 Å². The molecule has 0 aromatic heterocycles. The van der Waals surface area contributed by atoms with Gasteiger partial charge in [0.2, 0.25) is 5.91 Å². The van der Waals surface area contributed by atoms with Gasteiger partial charge in [0.1, 0.15) is 5.82 Å². The lowest BCUT2D eigenvalue weighted by Crippen LogP contribution is -2.34. The number of benzene rings is 1. The van der Waals surface area contributed by atoms with Gasteiger partial charge in [0.25, 0.3) is 0 Å². The number of rotatable bonds is 2. The second-order valence-electron chi connectivity index (χ2n) is 4.71. The molecule has 2 rings (SSSR count). The maximum Gasteiger partial charge on any atom is 0.416 e. The largest absolute Gasteiger partial charge is 0.416 e. The molecule has 1 aromatic carbocycles. The summed E-state index contributed by atoms with van der Waals surface area (Å²) in [6, 6.07) is 1.98. The smallest absolute Gasteiger partial charge is 0.323 e. The third-order valence-electron chi connectivity index (χ3n) is 3.26. The minimum absolute atomic E-state index is 0.301. The molecule has 0 bridgehead atoms. The first-order valence-corrected chi connectivity index (χ1v) is 6.26. The van der Waals surface area contributed by atoms with Crippen molar-refractivity contribution >= 4 is 11.6 Å². The highest BCUT2D eigenvalue weighted by Gasteiger charge is 2.31. The molecular formula is C13H14F4N2O. The predicted octanol–water partition coefficient (Wildman–Crippen LogP) is 2.78. The lowest BCUT2D eigenvalue weighted by atomic mass is 9.97. The highest BCUT2D eigenvalue weighted by Crippen LogP contribution is 2.32. The standard InChI is InChI=1S/C13H14F4N2O/c14-10-2-1-9(13(15,16)17)7-11(10)19-12(20)8-3-5-18-6-4-8/h1-2,7-8,18H,3-6H2,(H,19,20). The quantitative estimate of drug-likeness (QED) is 0.822. The van der Waals surface area contributed by atoms with Gasteiger partial charge in [-0.2, -0.15) is 13.2 Å². The van der Waals surface area contributed by atoms with Crippen molar-refractivity contribution in [3.63, 3.8) is 0 Å². The number of alkyl halides is 3. The van der Waals surface area contributed by atoms with Gasteiger partial charge < -0.3 is 10.6 Å². The lowest BCUT2D eigenvalue weighted by molar-refractivity contribution is -0.137. The Morgan fingerprint density at radius 1 is 1.25 bits per heavy atom. The summed E-state index contributed by atoms with van der Waals surface area (Å²) < 4.78 is 51.1. The van der Waals surface area contributed by atoms with E-state index in [0.717, 1.165) is 0 Å². The molecule has 1 aliphatic rings. The van der Waals surface area contributed by atoms with Crippen LogP contribution in [0.3, 0.4) is 0 Å². The highest BCUT2D eigenvalue weighted by molar-refractivity contribution is 5.92. The normalized spacial score (nSPS) is 17.0. The Morgan fingerprint density at radius 3 is 2.50 bits per heavy atom. The number of hydrogen-bond donors (Lipinski definition) is 2. The van der Waals surface area contributed by atoms with Gasteiger partial charge in [-0.25, -0.2) is 4.39 Å². The molecule has 1 heterocycles. The predicted molar refractivity (Wildman–Crippen MR) is 65.6 cm³/mol. The minimum atomic E-state index is -4.57. The molecule has 0 atom stereocenters. The van der Waals surface area contributed by atoms with Crippen LogP contribution >= 0.6 is 0 Å². The van der Waals surface area contributed by atoms with Crippen LogP contribution in [0.25, 0.3) is 0 Å². The van der Waals surface area contributed by atoms with E-state index in [1.807, 2.05) is 0 Å². The summed E-state index contributed by atoms with van der Waals surface area (Å²) >= 11 is 0. The monoisotopic (exact) mass is 290 g/mol. The van der Waals surface area contributed by atoms with Gasteiger partial charge in [0.15, 0.2) is 0 Å². The summed E-state index contributed by atoms with van der Waals surface area (Å²) in [5.41, 5.74) is -1.41. The van der Waals surface area contributed by atoms with Crippen molar-refractivity contribution in [1.29, 1.82) is 0 Å². The van der Waals surface area contributed by atoms with E-state index >= 15 is 0 Å². The van der Waals surface area contributed by atoms with E-state index in [0.29, 0.717) is 44.1 Å². The number of halogens is 4. The molecule has 1 fully saturated rings. The number of carbonyl (C=O) groups excluding carboxylic acids is 1. The van der Waals surface area contributed by atoms with Crippen molar-refractivity contribution < 1.29 is 22.4 Å². The second kappa shape index (κ2) is 5.78. The molecule has 110 valence electrons. The zero-order valence-electron chi connectivity index (χ0n) is 10.6. The van der Waals surface area contributed by atoms with E-state index in [4.69, 9.17) is 0 Å². The van der Waals surface area contributed by atoms with Gasteiger partial charge in [0, 0.05) is 5.92 Å². The molecular weight excluding hydrogens is 276 g/mol. The molecule has 1 aromatic rings. The van der Waals surface area contributed by atoms with Crippen molar-refractivity contribution in [2.75, 3.05) is 18.4 Å². The number of anilines is 1. The zero-order chi connectivity index (χ0) is 14.8. The highest BCUT2D eigenvalue weighted by atomic mass is 19.4. The van der Waals surface area contributed by atoms with Crippen molar-refractivity contribution in [2.24, 2.45) is 5.92 Å². The number of hydrogen-bond acceptors (Lipinski definition) is 2. The van der Waals surface area contributed by atoms with Crippen LogP contribution < -0.4 is 10.6 Å². The fourth-order valence-corrected chi connectivity index (χ4v) is 2.12. The van der Waals surface area contributed by atoms with E-state index in [9.17, 15) is 22.4 Å². The molecule has 2 N–H and O–H groups in total. The van der Waals surface area contributed by atoms with Crippen LogP contribution in [0.4, 0.5) is 23.2 Å². The Morgan fingerprint density at radius 2 is 1.90 bits per heavy atom. The first kappa shape index (κ1) is 14.8. The summed E-state index contributed by atoms with van der Waals surface area (Å²) in [5, 5.41) is 5.32. The topological polar surface area (TPSA) is 41.1 Å². The molecule has 0 radical (unpaired) electrons. The van der Waals surface area contributed by atoms with Crippen molar-refractivity contribution in [3.05, 3.63) is 29.6 Å².